The lowest BCUT2D eigenvalue weighted by molar-refractivity contribution is 0.415. The van der Waals surface area contributed by atoms with Gasteiger partial charge in [-0.05, 0) is 45.5 Å². The minimum atomic E-state index is -0.132. The van der Waals surface area contributed by atoms with E-state index in [4.69, 9.17) is 4.74 Å². The van der Waals surface area contributed by atoms with Gasteiger partial charge >= 0.3 is 0 Å². The van der Waals surface area contributed by atoms with Gasteiger partial charge in [-0.25, -0.2) is 0 Å². The summed E-state index contributed by atoms with van der Waals surface area (Å²) in [5.74, 6) is 1.24. The van der Waals surface area contributed by atoms with Crippen LogP contribution in [0.15, 0.2) is 97.1 Å². The molecule has 2 bridgehead atoms. The Hall–Kier alpha value is -3.10. The lowest BCUT2D eigenvalue weighted by Gasteiger charge is -2.50. The molecule has 0 saturated heterocycles. The van der Waals surface area contributed by atoms with Crippen molar-refractivity contribution in [2.24, 2.45) is 0 Å². The van der Waals surface area contributed by atoms with Crippen molar-refractivity contribution in [1.82, 2.24) is 0 Å². The molecule has 138 valence electrons. The molecule has 0 N–H and O–H groups in total. The Morgan fingerprint density at radius 3 is 1.52 bits per heavy atom. The zero-order chi connectivity index (χ0) is 19.4. The van der Waals surface area contributed by atoms with Crippen LogP contribution in [0.2, 0.25) is 0 Å². The van der Waals surface area contributed by atoms with Gasteiger partial charge < -0.3 is 4.74 Å². The van der Waals surface area contributed by atoms with Gasteiger partial charge in [-0.2, -0.15) is 0 Å². The maximum absolute atomic E-state index is 5.39. The number of hydrogen-bond acceptors (Lipinski definition) is 1. The van der Waals surface area contributed by atoms with Crippen LogP contribution in [-0.4, -0.2) is 16.6 Å². The SMILES string of the molecule is COc1ccc([Si]C23c4ccccc4C(c4ccccc42)c2ccccc23)cc1. The smallest absolute Gasteiger partial charge is 0.118 e. The fraction of sp³-hybridized carbons (Fsp3) is 0.111. The molecular formula is C27H20OSi. The van der Waals surface area contributed by atoms with Gasteiger partial charge in [0.2, 0.25) is 0 Å². The van der Waals surface area contributed by atoms with Gasteiger partial charge in [0.15, 0.2) is 0 Å². The molecule has 0 atom stereocenters. The van der Waals surface area contributed by atoms with E-state index >= 15 is 0 Å². The van der Waals surface area contributed by atoms with Crippen LogP contribution in [0.25, 0.3) is 0 Å². The van der Waals surface area contributed by atoms with Gasteiger partial charge in [0, 0.05) is 11.0 Å². The monoisotopic (exact) mass is 388 g/mol. The Morgan fingerprint density at radius 1 is 0.621 bits per heavy atom. The molecule has 29 heavy (non-hydrogen) atoms. The van der Waals surface area contributed by atoms with E-state index in [9.17, 15) is 0 Å². The first-order valence-electron chi connectivity index (χ1n) is 10.0. The summed E-state index contributed by atoms with van der Waals surface area (Å²) >= 11 is 0. The van der Waals surface area contributed by atoms with E-state index < -0.39 is 0 Å². The predicted octanol–water partition coefficient (Wildman–Crippen LogP) is 4.82. The highest BCUT2D eigenvalue weighted by atomic mass is 28.2. The summed E-state index contributed by atoms with van der Waals surface area (Å²) in [7, 11) is 2.33. The van der Waals surface area contributed by atoms with E-state index in [0.717, 1.165) is 5.75 Å². The largest absolute Gasteiger partial charge is 0.497 e. The Balaban J connectivity index is 1.67. The van der Waals surface area contributed by atoms with Gasteiger partial charge in [-0.15, -0.1) is 0 Å². The molecule has 0 amide bonds. The molecule has 3 aliphatic carbocycles. The zero-order valence-electron chi connectivity index (χ0n) is 16.2. The molecule has 0 aliphatic heterocycles. The highest BCUT2D eigenvalue weighted by Crippen LogP contribution is 2.58. The fourth-order valence-electron chi connectivity index (χ4n) is 5.30. The third kappa shape index (κ3) is 2.21. The Labute approximate surface area is 173 Å². The van der Waals surface area contributed by atoms with Crippen LogP contribution >= 0.6 is 0 Å². The second kappa shape index (κ2) is 6.20. The molecule has 0 fully saturated rings. The first-order valence-corrected chi connectivity index (χ1v) is 11.0. The Bertz CT molecular complexity index is 1110. The van der Waals surface area contributed by atoms with Gasteiger partial charge in [0.05, 0.1) is 7.11 Å². The molecule has 2 heteroatoms. The Morgan fingerprint density at radius 2 is 1.07 bits per heavy atom. The summed E-state index contributed by atoms with van der Waals surface area (Å²) in [6, 6.07) is 35.8. The van der Waals surface area contributed by atoms with E-state index in [0.29, 0.717) is 15.4 Å². The van der Waals surface area contributed by atoms with Crippen molar-refractivity contribution in [1.29, 1.82) is 0 Å². The van der Waals surface area contributed by atoms with E-state index in [2.05, 4.69) is 97.1 Å². The highest BCUT2D eigenvalue weighted by Gasteiger charge is 2.51. The third-order valence-corrected chi connectivity index (χ3v) is 8.25. The topological polar surface area (TPSA) is 9.23 Å². The zero-order valence-corrected chi connectivity index (χ0v) is 17.2. The maximum atomic E-state index is 5.39. The summed E-state index contributed by atoms with van der Waals surface area (Å²) < 4.78 is 5.39. The average Bonchev–Trinajstić information content (AvgIpc) is 2.80. The van der Waals surface area contributed by atoms with Crippen LogP contribution in [0, 0.1) is 0 Å². The first-order chi connectivity index (χ1) is 14.3. The molecule has 3 aliphatic rings. The lowest BCUT2D eigenvalue weighted by atomic mass is 9.60. The van der Waals surface area contributed by atoms with Gasteiger partial charge in [0.25, 0.3) is 0 Å². The molecule has 0 spiro atoms. The van der Waals surface area contributed by atoms with Crippen molar-refractivity contribution < 1.29 is 4.74 Å². The van der Waals surface area contributed by atoms with Crippen LogP contribution < -0.4 is 9.92 Å². The van der Waals surface area contributed by atoms with Crippen LogP contribution in [0.3, 0.4) is 0 Å². The van der Waals surface area contributed by atoms with Gasteiger partial charge in [-0.3, -0.25) is 0 Å². The van der Waals surface area contributed by atoms with Crippen LogP contribution in [-0.2, 0) is 5.04 Å². The molecule has 7 rings (SSSR count). The first kappa shape index (κ1) is 16.8. The molecule has 0 unspecified atom stereocenters. The van der Waals surface area contributed by atoms with Crippen LogP contribution in [0.5, 0.6) is 5.75 Å². The van der Waals surface area contributed by atoms with Crippen molar-refractivity contribution in [3.8, 4) is 5.75 Å². The van der Waals surface area contributed by atoms with Crippen molar-refractivity contribution in [3.63, 3.8) is 0 Å². The molecule has 0 saturated carbocycles. The van der Waals surface area contributed by atoms with Crippen molar-refractivity contribution >= 4 is 14.7 Å². The second-order valence-electron chi connectivity index (χ2n) is 7.80. The summed E-state index contributed by atoms with van der Waals surface area (Å²) in [6.45, 7) is 0. The number of ether oxygens (including phenoxy) is 1. The number of benzene rings is 4. The number of methoxy groups -OCH3 is 1. The lowest BCUT2D eigenvalue weighted by Crippen LogP contribution is -2.49. The molecule has 1 nitrogen and oxygen atoms in total. The van der Waals surface area contributed by atoms with E-state index in [-0.39, 0.29) is 5.04 Å². The van der Waals surface area contributed by atoms with Crippen molar-refractivity contribution in [3.05, 3.63) is 130 Å². The van der Waals surface area contributed by atoms with E-state index in [1.54, 1.807) is 7.11 Å². The second-order valence-corrected chi connectivity index (χ2v) is 9.38. The fourth-order valence-corrected chi connectivity index (χ4v) is 7.15. The molecule has 4 aromatic carbocycles. The van der Waals surface area contributed by atoms with E-state index in [1.165, 1.54) is 38.6 Å². The summed E-state index contributed by atoms with van der Waals surface area (Å²) in [5.41, 5.74) is 8.80. The van der Waals surface area contributed by atoms with E-state index in [1.807, 2.05) is 0 Å². The summed E-state index contributed by atoms with van der Waals surface area (Å²) in [6.07, 6.45) is 0. The molecule has 0 heterocycles. The normalized spacial score (nSPS) is 20.5. The molecule has 2 radical (unpaired) electrons. The highest BCUT2D eigenvalue weighted by molar-refractivity contribution is 6.59. The minimum absolute atomic E-state index is 0.132. The van der Waals surface area contributed by atoms with Crippen molar-refractivity contribution in [2.75, 3.05) is 7.11 Å². The predicted molar refractivity (Wildman–Crippen MR) is 119 cm³/mol. The summed E-state index contributed by atoms with van der Waals surface area (Å²) in [5, 5.41) is 1.22. The van der Waals surface area contributed by atoms with Crippen molar-refractivity contribution in [2.45, 2.75) is 11.0 Å². The Kier molecular flexibility index (Phi) is 3.59. The number of hydrogen-bond donors (Lipinski definition) is 0. The van der Waals surface area contributed by atoms with Gasteiger partial charge in [0.1, 0.15) is 15.3 Å². The quantitative estimate of drug-likeness (QED) is 0.457. The van der Waals surface area contributed by atoms with Crippen LogP contribution in [0.1, 0.15) is 39.3 Å². The molecule has 0 aromatic heterocycles. The summed E-state index contributed by atoms with van der Waals surface area (Å²) in [4.78, 5) is 0. The van der Waals surface area contributed by atoms with Gasteiger partial charge in [-0.1, -0.05) is 90.1 Å². The minimum Gasteiger partial charge on any atom is -0.497 e. The maximum Gasteiger partial charge on any atom is 0.118 e. The molecule has 4 aromatic rings. The third-order valence-electron chi connectivity index (χ3n) is 6.45. The number of rotatable bonds is 3. The van der Waals surface area contributed by atoms with Crippen LogP contribution in [0.4, 0.5) is 0 Å². The standard InChI is InChI=1S/C27H20OSi/c1-28-18-14-16-19(17-15-18)29-27-23-11-5-2-8-20(23)26(21-9-3-6-12-24(21)27)22-10-4-7-13-25(22)27/h2-17,26H,1H3. The molecular weight excluding hydrogens is 368 g/mol. The average molecular weight is 389 g/mol.